The average molecular weight is 274 g/mol. The van der Waals surface area contributed by atoms with Crippen molar-refractivity contribution >= 4 is 11.7 Å². The van der Waals surface area contributed by atoms with Crippen molar-refractivity contribution in [2.45, 2.75) is 19.6 Å². The molecule has 0 amide bonds. The van der Waals surface area contributed by atoms with Crippen LogP contribution in [0, 0.1) is 0 Å². The molecular formula is C13H14N4O3. The summed E-state index contributed by atoms with van der Waals surface area (Å²) in [6.07, 6.45) is -0.598. The minimum Gasteiger partial charge on any atom is -0.461 e. The number of aliphatic hydroxyl groups is 1. The third-order valence-electron chi connectivity index (χ3n) is 3.07. The first kappa shape index (κ1) is 12.6. The third-order valence-corrected chi connectivity index (χ3v) is 3.07. The van der Waals surface area contributed by atoms with Crippen LogP contribution in [0.25, 0.3) is 5.69 Å². The van der Waals surface area contributed by atoms with Crippen LogP contribution in [0.3, 0.4) is 0 Å². The predicted molar refractivity (Wildman–Crippen MR) is 70.6 cm³/mol. The molecule has 0 aliphatic carbocycles. The van der Waals surface area contributed by atoms with Crippen molar-refractivity contribution in [2.24, 2.45) is 0 Å². The van der Waals surface area contributed by atoms with Gasteiger partial charge in [0.1, 0.15) is 6.23 Å². The molecule has 0 spiro atoms. The van der Waals surface area contributed by atoms with Crippen LogP contribution in [0.5, 0.6) is 0 Å². The van der Waals surface area contributed by atoms with E-state index in [-0.39, 0.29) is 18.7 Å². The third kappa shape index (κ3) is 2.01. The maximum atomic E-state index is 11.9. The Balaban J connectivity index is 2.13. The molecule has 2 heterocycles. The molecule has 1 aliphatic rings. The number of hydrogen-bond donors (Lipinski definition) is 2. The first-order chi connectivity index (χ1) is 9.70. The fraction of sp³-hybridized carbons (Fsp3) is 0.308. The topological polar surface area (TPSA) is 89.3 Å². The summed E-state index contributed by atoms with van der Waals surface area (Å²) < 4.78 is 6.52. The molecule has 1 unspecified atom stereocenters. The summed E-state index contributed by atoms with van der Waals surface area (Å²) in [5.74, 6) is -0.527. The number of anilines is 1. The second-order valence-corrected chi connectivity index (χ2v) is 4.40. The second-order valence-electron chi connectivity index (χ2n) is 4.40. The normalized spacial score (nSPS) is 16.6. The summed E-state index contributed by atoms with van der Waals surface area (Å²) in [5, 5.41) is 20.9. The van der Waals surface area contributed by atoms with Crippen molar-refractivity contribution in [2.75, 3.05) is 11.9 Å². The zero-order valence-corrected chi connectivity index (χ0v) is 10.9. The number of nitrogens with zero attached hydrogens (tertiary/aromatic N) is 3. The monoisotopic (exact) mass is 274 g/mol. The highest BCUT2D eigenvalue weighted by Gasteiger charge is 2.27. The Kier molecular flexibility index (Phi) is 3.11. The van der Waals surface area contributed by atoms with E-state index in [9.17, 15) is 9.90 Å². The van der Waals surface area contributed by atoms with E-state index in [0.29, 0.717) is 5.69 Å². The number of aromatic nitrogens is 3. The molecule has 7 nitrogen and oxygen atoms in total. The van der Waals surface area contributed by atoms with E-state index in [1.54, 1.807) is 11.6 Å². The number of rotatable bonds is 2. The van der Waals surface area contributed by atoms with Crippen LogP contribution in [-0.4, -0.2) is 38.9 Å². The number of fused-ring (bicyclic) bond motifs is 3. The van der Waals surface area contributed by atoms with Crippen LogP contribution in [-0.2, 0) is 11.2 Å². The summed E-state index contributed by atoms with van der Waals surface area (Å²) in [6.45, 7) is 1.99. The number of para-hydroxylation sites is 2. The van der Waals surface area contributed by atoms with Crippen molar-refractivity contribution in [1.29, 1.82) is 0 Å². The lowest BCUT2D eigenvalue weighted by Crippen LogP contribution is -2.21. The van der Waals surface area contributed by atoms with Gasteiger partial charge in [-0.2, -0.15) is 0 Å². The molecule has 0 saturated carbocycles. The molecule has 0 radical (unpaired) electrons. The van der Waals surface area contributed by atoms with E-state index in [1.807, 2.05) is 24.3 Å². The summed E-state index contributed by atoms with van der Waals surface area (Å²) in [6, 6.07) is 7.38. The van der Waals surface area contributed by atoms with Crippen LogP contribution < -0.4 is 5.32 Å². The molecule has 1 aromatic heterocycles. The number of aliphatic hydroxyl groups excluding tert-OH is 1. The maximum Gasteiger partial charge on any atom is 0.360 e. The van der Waals surface area contributed by atoms with Crippen molar-refractivity contribution in [3.8, 4) is 5.69 Å². The van der Waals surface area contributed by atoms with Gasteiger partial charge in [0.05, 0.1) is 23.7 Å². The average Bonchev–Trinajstić information content (AvgIpc) is 2.77. The van der Waals surface area contributed by atoms with Gasteiger partial charge in [-0.05, 0) is 19.1 Å². The Hall–Kier alpha value is -2.41. The van der Waals surface area contributed by atoms with Gasteiger partial charge >= 0.3 is 5.97 Å². The van der Waals surface area contributed by atoms with Crippen LogP contribution in [0.4, 0.5) is 5.69 Å². The fourth-order valence-electron chi connectivity index (χ4n) is 2.23. The first-order valence-electron chi connectivity index (χ1n) is 6.36. The Morgan fingerprint density at radius 1 is 1.55 bits per heavy atom. The summed E-state index contributed by atoms with van der Waals surface area (Å²) in [4.78, 5) is 11.9. The molecule has 2 aromatic rings. The van der Waals surface area contributed by atoms with Gasteiger partial charge in [-0.3, -0.25) is 0 Å². The standard InChI is InChI=1S/C13H14N4O3/c1-2-20-13(19)12-10-7-11(18)14-8-5-3-4-6-9(8)17(10)16-15-12/h3-6,11,14,18H,2,7H2,1H3. The van der Waals surface area contributed by atoms with Crippen LogP contribution in [0.1, 0.15) is 23.1 Å². The smallest absolute Gasteiger partial charge is 0.360 e. The molecule has 1 atom stereocenters. The maximum absolute atomic E-state index is 11.9. The Morgan fingerprint density at radius 3 is 3.15 bits per heavy atom. The van der Waals surface area contributed by atoms with Gasteiger partial charge in [-0.1, -0.05) is 17.3 Å². The van der Waals surface area contributed by atoms with Gasteiger partial charge in [0, 0.05) is 6.42 Å². The van der Waals surface area contributed by atoms with Gasteiger partial charge in [-0.25, -0.2) is 9.48 Å². The van der Waals surface area contributed by atoms with E-state index in [1.165, 1.54) is 0 Å². The minimum absolute atomic E-state index is 0.143. The Bertz CT molecular complexity index is 653. The summed E-state index contributed by atoms with van der Waals surface area (Å²) in [7, 11) is 0. The van der Waals surface area contributed by atoms with E-state index < -0.39 is 12.2 Å². The number of benzene rings is 1. The van der Waals surface area contributed by atoms with E-state index in [0.717, 1.165) is 11.4 Å². The van der Waals surface area contributed by atoms with Crippen LogP contribution in [0.15, 0.2) is 24.3 Å². The zero-order valence-electron chi connectivity index (χ0n) is 10.9. The lowest BCUT2D eigenvalue weighted by molar-refractivity contribution is 0.0517. The molecule has 0 saturated heterocycles. The molecule has 7 heteroatoms. The molecule has 1 aromatic carbocycles. The van der Waals surface area contributed by atoms with Crippen LogP contribution in [0.2, 0.25) is 0 Å². The number of ether oxygens (including phenoxy) is 1. The molecule has 0 fully saturated rings. The van der Waals surface area contributed by atoms with Gasteiger partial charge < -0.3 is 15.2 Å². The molecule has 20 heavy (non-hydrogen) atoms. The molecule has 2 N–H and O–H groups in total. The SMILES string of the molecule is CCOC(=O)c1nnn2c1CC(O)Nc1ccccc1-2. The van der Waals surface area contributed by atoms with Gasteiger partial charge in [-0.15, -0.1) is 5.10 Å². The zero-order chi connectivity index (χ0) is 14.1. The lowest BCUT2D eigenvalue weighted by atomic mass is 10.2. The highest BCUT2D eigenvalue weighted by atomic mass is 16.5. The molecule has 1 aliphatic heterocycles. The predicted octanol–water partition coefficient (Wildman–Crippen LogP) is 0.730. The highest BCUT2D eigenvalue weighted by Crippen LogP contribution is 2.26. The van der Waals surface area contributed by atoms with Crippen LogP contribution >= 0.6 is 0 Å². The molecular weight excluding hydrogens is 260 g/mol. The summed E-state index contributed by atoms with van der Waals surface area (Å²) in [5.41, 5.74) is 2.15. The number of carbonyl (C=O) groups is 1. The molecule has 0 bridgehead atoms. The number of esters is 1. The fourth-order valence-corrected chi connectivity index (χ4v) is 2.23. The van der Waals surface area contributed by atoms with E-state index in [4.69, 9.17) is 4.74 Å². The lowest BCUT2D eigenvalue weighted by Gasteiger charge is -2.11. The summed E-state index contributed by atoms with van der Waals surface area (Å²) >= 11 is 0. The Morgan fingerprint density at radius 2 is 2.35 bits per heavy atom. The highest BCUT2D eigenvalue weighted by molar-refractivity contribution is 5.88. The Labute approximate surface area is 115 Å². The van der Waals surface area contributed by atoms with Crippen molar-refractivity contribution in [3.05, 3.63) is 35.7 Å². The largest absolute Gasteiger partial charge is 0.461 e. The number of hydrogen-bond acceptors (Lipinski definition) is 6. The second kappa shape index (κ2) is 4.93. The minimum atomic E-state index is -0.816. The number of carbonyl (C=O) groups excluding carboxylic acids is 1. The van der Waals surface area contributed by atoms with Gasteiger partial charge in [0.15, 0.2) is 5.69 Å². The first-order valence-corrected chi connectivity index (χ1v) is 6.36. The van der Waals surface area contributed by atoms with Gasteiger partial charge in [0.2, 0.25) is 0 Å². The molecule has 104 valence electrons. The van der Waals surface area contributed by atoms with Crippen molar-refractivity contribution in [3.63, 3.8) is 0 Å². The molecule has 3 rings (SSSR count). The van der Waals surface area contributed by atoms with E-state index >= 15 is 0 Å². The van der Waals surface area contributed by atoms with Gasteiger partial charge in [0.25, 0.3) is 0 Å². The quantitative estimate of drug-likeness (QED) is 0.785. The number of nitrogens with one attached hydrogen (secondary N) is 1. The van der Waals surface area contributed by atoms with E-state index in [2.05, 4.69) is 15.6 Å². The van der Waals surface area contributed by atoms with Crippen molar-refractivity contribution in [1.82, 2.24) is 15.0 Å². The van der Waals surface area contributed by atoms with Crippen molar-refractivity contribution < 1.29 is 14.6 Å².